The molecule has 2 fully saturated rings. The Labute approximate surface area is 253 Å². The average Bonchev–Trinajstić information content (AvgIpc) is 3.14. The highest BCUT2D eigenvalue weighted by atomic mass is 19.4. The molecule has 0 aliphatic heterocycles. The molecule has 1 aromatic carbocycles. The predicted octanol–water partition coefficient (Wildman–Crippen LogP) is 9.20. The van der Waals surface area contributed by atoms with Crippen LogP contribution in [0.4, 0.5) is 26.3 Å². The topological polar surface area (TPSA) is 43.7 Å². The number of rotatable bonds is 14. The number of unbranched alkanes of at least 4 members (excludes halogenated alkanes) is 6. The summed E-state index contributed by atoms with van der Waals surface area (Å²) in [5.41, 5.74) is 0.813. The van der Waals surface area contributed by atoms with Crippen LogP contribution in [0.3, 0.4) is 0 Å². The maximum atomic E-state index is 16.1. The molecule has 0 spiro atoms. The summed E-state index contributed by atoms with van der Waals surface area (Å²) in [6.07, 6.45) is 1.95. The Bertz CT molecular complexity index is 1060. The molecule has 0 aromatic heterocycles. The average molecular weight is 620 g/mol. The fourth-order valence-electron chi connectivity index (χ4n) is 8.76. The lowest BCUT2D eigenvalue weighted by Gasteiger charge is -2.56. The van der Waals surface area contributed by atoms with Gasteiger partial charge in [-0.3, -0.25) is 0 Å². The zero-order chi connectivity index (χ0) is 31.6. The summed E-state index contributed by atoms with van der Waals surface area (Å²) in [6.45, 7) is 5.78. The summed E-state index contributed by atoms with van der Waals surface area (Å²) in [7, 11) is 2.05. The monoisotopic (exact) mass is 619 g/mol. The number of hydrogen-bond acceptors (Lipinski definition) is 3. The fraction of sp³-hybridized carbons (Fsp3) is 0.824. The molecule has 0 bridgehead atoms. The summed E-state index contributed by atoms with van der Waals surface area (Å²) in [6, 6.07) is 5.41. The first kappa shape index (κ1) is 34.4. The largest absolute Gasteiger partial charge is 0.508 e. The van der Waals surface area contributed by atoms with Crippen molar-refractivity contribution >= 4 is 0 Å². The Hall–Kier alpha value is -1.48. The van der Waals surface area contributed by atoms with Crippen LogP contribution in [0.25, 0.3) is 0 Å². The van der Waals surface area contributed by atoms with E-state index in [1.54, 1.807) is 6.07 Å². The molecular formula is C34H51F6NO2. The lowest BCUT2D eigenvalue weighted by atomic mass is 9.50. The first-order chi connectivity index (χ1) is 20.1. The summed E-state index contributed by atoms with van der Waals surface area (Å²) in [5.74, 6) is -3.79. The van der Waals surface area contributed by atoms with Crippen molar-refractivity contribution in [2.24, 2.45) is 23.2 Å². The van der Waals surface area contributed by atoms with Gasteiger partial charge in [-0.15, -0.1) is 0 Å². The number of aromatic hydroxyl groups is 1. The first-order valence-electron chi connectivity index (χ1n) is 16.4. The first-order valence-corrected chi connectivity index (χ1v) is 16.4. The second kappa shape index (κ2) is 13.5. The van der Waals surface area contributed by atoms with E-state index in [-0.39, 0.29) is 29.9 Å². The molecule has 3 aliphatic rings. The Morgan fingerprint density at radius 1 is 0.930 bits per heavy atom. The highest BCUT2D eigenvalue weighted by Crippen LogP contribution is 2.66. The SMILES string of the molecule is CN(CCCCCCCC(F)(F)C(F)(F)F)CCCCCC1Cc2cc(O)ccc2C2C1C1CC[C@](C)(O)[C@@]1(C)C[C@@H]2F. The van der Waals surface area contributed by atoms with E-state index in [9.17, 15) is 32.2 Å². The number of fused-ring (bicyclic) bond motifs is 5. The van der Waals surface area contributed by atoms with Gasteiger partial charge < -0.3 is 15.1 Å². The number of aliphatic hydroxyl groups is 1. The van der Waals surface area contributed by atoms with E-state index in [0.29, 0.717) is 31.6 Å². The van der Waals surface area contributed by atoms with Gasteiger partial charge in [-0.2, -0.15) is 22.0 Å². The van der Waals surface area contributed by atoms with E-state index < -0.39 is 35.7 Å². The molecule has 0 heterocycles. The molecule has 1 aromatic rings. The predicted molar refractivity (Wildman–Crippen MR) is 157 cm³/mol. The second-order valence-corrected chi connectivity index (χ2v) is 14.4. The molecule has 2 saturated carbocycles. The zero-order valence-electron chi connectivity index (χ0n) is 26.0. The van der Waals surface area contributed by atoms with Crippen LogP contribution in [0.1, 0.15) is 114 Å². The molecular weight excluding hydrogens is 568 g/mol. The fourth-order valence-corrected chi connectivity index (χ4v) is 8.76. The molecule has 0 amide bonds. The lowest BCUT2D eigenvalue weighted by molar-refractivity contribution is -0.284. The molecule has 4 rings (SSSR count). The Kier molecular flexibility index (Phi) is 10.8. The number of halogens is 6. The third kappa shape index (κ3) is 7.50. The normalized spacial score (nSPS) is 32.5. The maximum Gasteiger partial charge on any atom is 0.453 e. The van der Waals surface area contributed by atoms with Crippen LogP contribution in [0.5, 0.6) is 5.75 Å². The van der Waals surface area contributed by atoms with Crippen LogP contribution < -0.4 is 0 Å². The van der Waals surface area contributed by atoms with Crippen LogP contribution in [-0.4, -0.2) is 59.1 Å². The van der Waals surface area contributed by atoms with Crippen LogP contribution in [0.2, 0.25) is 0 Å². The highest BCUT2D eigenvalue weighted by molar-refractivity contribution is 5.41. The van der Waals surface area contributed by atoms with Crippen molar-refractivity contribution in [1.29, 1.82) is 0 Å². The maximum absolute atomic E-state index is 16.1. The summed E-state index contributed by atoms with van der Waals surface area (Å²) >= 11 is 0. The number of hydrogen-bond donors (Lipinski definition) is 2. The number of phenolic OH excluding ortho intramolecular Hbond substituents is 1. The third-order valence-corrected chi connectivity index (χ3v) is 11.5. The number of phenols is 1. The van der Waals surface area contributed by atoms with Crippen molar-refractivity contribution in [3.63, 3.8) is 0 Å². The van der Waals surface area contributed by atoms with Crippen molar-refractivity contribution in [2.45, 2.75) is 134 Å². The highest BCUT2D eigenvalue weighted by Gasteiger charge is 2.63. The van der Waals surface area contributed by atoms with E-state index in [4.69, 9.17) is 0 Å². The van der Waals surface area contributed by atoms with Gasteiger partial charge in [-0.25, -0.2) is 4.39 Å². The molecule has 43 heavy (non-hydrogen) atoms. The number of alkyl halides is 6. The zero-order valence-corrected chi connectivity index (χ0v) is 26.0. The van der Waals surface area contributed by atoms with E-state index >= 15 is 4.39 Å². The van der Waals surface area contributed by atoms with Gasteiger partial charge in [0, 0.05) is 17.8 Å². The second-order valence-electron chi connectivity index (χ2n) is 14.4. The van der Waals surface area contributed by atoms with Crippen LogP contribution in [-0.2, 0) is 6.42 Å². The standard InChI is InChI=1S/C34H51F6NO2/c1-31-22-28(35)30-26-14-13-25(42)21-24(26)20-23(29(30)27(31)15-17-32(31,2)43)12-8-7-11-19-41(3)18-10-6-4-5-9-16-33(36,37)34(38,39)40/h13-14,21,23,27-30,42-43H,4-12,15-20,22H2,1-3H3/t23?,27?,28-,29?,30?,31-,32-/m0/s1. The molecule has 7 atom stereocenters. The van der Waals surface area contributed by atoms with Gasteiger partial charge in [-0.05, 0) is 119 Å². The van der Waals surface area contributed by atoms with Crippen molar-refractivity contribution in [3.05, 3.63) is 29.3 Å². The van der Waals surface area contributed by atoms with E-state index in [0.717, 1.165) is 75.6 Å². The lowest BCUT2D eigenvalue weighted by Crippen LogP contribution is -2.54. The minimum atomic E-state index is -5.46. The summed E-state index contributed by atoms with van der Waals surface area (Å²) in [4.78, 5) is 2.24. The summed E-state index contributed by atoms with van der Waals surface area (Å²) in [5, 5.41) is 21.4. The molecule has 9 heteroatoms. The molecule has 4 unspecified atom stereocenters. The minimum Gasteiger partial charge on any atom is -0.508 e. The van der Waals surface area contributed by atoms with Crippen LogP contribution >= 0.6 is 0 Å². The van der Waals surface area contributed by atoms with Crippen molar-refractivity contribution < 1.29 is 36.6 Å². The van der Waals surface area contributed by atoms with E-state index in [1.165, 1.54) is 0 Å². The third-order valence-electron chi connectivity index (χ3n) is 11.5. The molecule has 0 saturated heterocycles. The summed E-state index contributed by atoms with van der Waals surface area (Å²) < 4.78 is 78.8. The van der Waals surface area contributed by atoms with Crippen LogP contribution in [0.15, 0.2) is 18.2 Å². The Balaban J connectivity index is 1.21. The van der Waals surface area contributed by atoms with E-state index in [2.05, 4.69) is 18.9 Å². The van der Waals surface area contributed by atoms with Crippen molar-refractivity contribution in [3.8, 4) is 5.75 Å². The van der Waals surface area contributed by atoms with Gasteiger partial charge in [0.25, 0.3) is 0 Å². The van der Waals surface area contributed by atoms with Gasteiger partial charge >= 0.3 is 12.1 Å². The quantitative estimate of drug-likeness (QED) is 0.161. The van der Waals surface area contributed by atoms with Gasteiger partial charge in [0.05, 0.1) is 5.60 Å². The molecule has 246 valence electrons. The van der Waals surface area contributed by atoms with Crippen molar-refractivity contribution in [1.82, 2.24) is 4.90 Å². The van der Waals surface area contributed by atoms with Gasteiger partial charge in [-0.1, -0.05) is 45.1 Å². The molecule has 2 N–H and O–H groups in total. The van der Waals surface area contributed by atoms with E-state index in [1.807, 2.05) is 19.1 Å². The number of benzene rings is 1. The van der Waals surface area contributed by atoms with Crippen LogP contribution in [0, 0.1) is 23.2 Å². The molecule has 0 radical (unpaired) electrons. The van der Waals surface area contributed by atoms with Gasteiger partial charge in [0.1, 0.15) is 11.9 Å². The smallest absolute Gasteiger partial charge is 0.453 e. The van der Waals surface area contributed by atoms with Crippen molar-refractivity contribution in [2.75, 3.05) is 20.1 Å². The number of nitrogens with zero attached hydrogens (tertiary/aromatic N) is 1. The Morgan fingerprint density at radius 3 is 2.23 bits per heavy atom. The van der Waals surface area contributed by atoms with Gasteiger partial charge in [0.15, 0.2) is 0 Å². The van der Waals surface area contributed by atoms with Gasteiger partial charge in [0.2, 0.25) is 0 Å². The molecule has 3 aliphatic carbocycles. The minimum absolute atomic E-state index is 0.122. The molecule has 3 nitrogen and oxygen atoms in total. The Morgan fingerprint density at radius 2 is 1.56 bits per heavy atom.